The van der Waals surface area contributed by atoms with Crippen molar-refractivity contribution < 1.29 is 6.22 Å². The van der Waals surface area contributed by atoms with E-state index in [0.29, 0.717) is 5.69 Å². The summed E-state index contributed by atoms with van der Waals surface area (Å²) in [6.45, 7) is 14.0. The zero-order valence-corrected chi connectivity index (χ0v) is 16.5. The minimum Gasteiger partial charge on any atom is -0.320 e. The molecule has 1 N–H and O–H groups in total. The Kier molecular flexibility index (Phi) is 6.72. The predicted molar refractivity (Wildman–Crippen MR) is 115 cm³/mol. The van der Waals surface area contributed by atoms with Gasteiger partial charge in [-0.2, -0.15) is 0 Å². The molecule has 0 aliphatic rings. The lowest BCUT2D eigenvalue weighted by Crippen LogP contribution is -2.15. The van der Waals surface area contributed by atoms with Crippen molar-refractivity contribution in [3.8, 4) is 5.69 Å². The number of hydrogen-bond donors (Lipinski definition) is 1. The van der Waals surface area contributed by atoms with Crippen molar-refractivity contribution in [3.63, 3.8) is 0 Å². The zero-order valence-electron chi connectivity index (χ0n) is 16.5. The van der Waals surface area contributed by atoms with Crippen molar-refractivity contribution in [3.05, 3.63) is 90.0 Å². The Bertz CT molecular complexity index is 933. The summed E-state index contributed by atoms with van der Waals surface area (Å²) >= 11 is 0. The number of rotatable bonds is 4. The molecular formula is C23H29N3O. The summed E-state index contributed by atoms with van der Waals surface area (Å²) in [6.07, 6.45) is 0.756. The van der Waals surface area contributed by atoms with Gasteiger partial charge in [0, 0.05) is 19.2 Å². The molecule has 1 amide bonds. The van der Waals surface area contributed by atoms with Crippen molar-refractivity contribution in [2.24, 2.45) is 0 Å². The third kappa shape index (κ3) is 4.17. The van der Waals surface area contributed by atoms with Crippen molar-refractivity contribution in [1.82, 2.24) is 9.55 Å². The molecule has 3 aromatic rings. The van der Waals surface area contributed by atoms with E-state index in [4.69, 9.17) is 0 Å². The fourth-order valence-corrected chi connectivity index (χ4v) is 3.00. The molecule has 0 atom stereocenters. The summed E-state index contributed by atoms with van der Waals surface area (Å²) in [5.74, 6) is 0.713. The number of para-hydroxylation sites is 1. The van der Waals surface area contributed by atoms with Crippen molar-refractivity contribution in [2.45, 2.75) is 34.1 Å². The SMILES string of the molecule is C=C.CCc1nc(C(=O)Nc2cccc(C)c2C)c(C)n1-c1ccccc1.[HH]. The molecular weight excluding hydrogens is 334 g/mol. The minimum absolute atomic E-state index is 0. The smallest absolute Gasteiger partial charge is 0.276 e. The minimum atomic E-state index is -0.171. The quantitative estimate of drug-likeness (QED) is 0.608. The fraction of sp³-hybridized carbons (Fsp3) is 0.217. The molecule has 0 saturated carbocycles. The average Bonchev–Trinajstić information content (AvgIpc) is 3.04. The van der Waals surface area contributed by atoms with Gasteiger partial charge in [0.15, 0.2) is 0 Å². The lowest BCUT2D eigenvalue weighted by molar-refractivity contribution is 0.102. The van der Waals surface area contributed by atoms with Crippen LogP contribution in [0.5, 0.6) is 0 Å². The second-order valence-electron chi connectivity index (χ2n) is 6.19. The van der Waals surface area contributed by atoms with Crippen LogP contribution in [0.3, 0.4) is 0 Å². The third-order valence-corrected chi connectivity index (χ3v) is 4.58. The first-order chi connectivity index (χ1) is 13.0. The highest BCUT2D eigenvalue weighted by Gasteiger charge is 2.20. The van der Waals surface area contributed by atoms with Crippen LogP contribution in [0.25, 0.3) is 5.69 Å². The van der Waals surface area contributed by atoms with E-state index in [1.165, 1.54) is 0 Å². The van der Waals surface area contributed by atoms with Gasteiger partial charge in [-0.1, -0.05) is 37.3 Å². The van der Waals surface area contributed by atoms with Gasteiger partial charge in [-0.15, -0.1) is 13.2 Å². The molecule has 1 heterocycles. The summed E-state index contributed by atoms with van der Waals surface area (Å²) in [6, 6.07) is 15.9. The predicted octanol–water partition coefficient (Wildman–Crippen LogP) is 5.66. The van der Waals surface area contributed by atoms with E-state index >= 15 is 0 Å². The monoisotopic (exact) mass is 363 g/mol. The number of aromatic nitrogens is 2. The van der Waals surface area contributed by atoms with Crippen LogP contribution < -0.4 is 5.32 Å². The first-order valence-electron chi connectivity index (χ1n) is 9.04. The number of carbonyl (C=O) groups is 1. The molecule has 27 heavy (non-hydrogen) atoms. The summed E-state index contributed by atoms with van der Waals surface area (Å²) in [7, 11) is 0. The van der Waals surface area contributed by atoms with Crippen LogP contribution in [0.1, 0.15) is 41.5 Å². The number of anilines is 1. The maximum Gasteiger partial charge on any atom is 0.276 e. The maximum absolute atomic E-state index is 12.8. The highest BCUT2D eigenvalue weighted by Crippen LogP contribution is 2.22. The molecule has 0 unspecified atom stereocenters. The van der Waals surface area contributed by atoms with E-state index in [1.54, 1.807) is 0 Å². The van der Waals surface area contributed by atoms with Gasteiger partial charge in [0.1, 0.15) is 11.5 Å². The van der Waals surface area contributed by atoms with E-state index in [2.05, 4.69) is 28.0 Å². The van der Waals surface area contributed by atoms with Crippen LogP contribution in [0.15, 0.2) is 61.7 Å². The van der Waals surface area contributed by atoms with Gasteiger partial charge in [-0.05, 0) is 50.1 Å². The molecule has 142 valence electrons. The number of nitrogens with one attached hydrogen (secondary N) is 1. The molecule has 0 saturated heterocycles. The molecule has 0 aliphatic carbocycles. The number of aryl methyl sites for hydroxylation is 2. The van der Waals surface area contributed by atoms with E-state index in [0.717, 1.165) is 40.4 Å². The third-order valence-electron chi connectivity index (χ3n) is 4.58. The Morgan fingerprint density at radius 2 is 1.74 bits per heavy atom. The zero-order chi connectivity index (χ0) is 20.0. The van der Waals surface area contributed by atoms with Gasteiger partial charge in [0.05, 0.1) is 5.69 Å². The van der Waals surface area contributed by atoms with Crippen molar-refractivity contribution >= 4 is 11.6 Å². The fourth-order valence-electron chi connectivity index (χ4n) is 3.00. The molecule has 1 aromatic heterocycles. The highest BCUT2D eigenvalue weighted by atomic mass is 16.1. The molecule has 0 spiro atoms. The second-order valence-corrected chi connectivity index (χ2v) is 6.19. The van der Waals surface area contributed by atoms with Gasteiger partial charge in [0.25, 0.3) is 5.91 Å². The van der Waals surface area contributed by atoms with E-state index in [1.807, 2.05) is 76.2 Å². The summed E-state index contributed by atoms with van der Waals surface area (Å²) in [5.41, 5.74) is 5.41. The number of nitrogens with zero attached hydrogens (tertiary/aromatic N) is 2. The Balaban J connectivity index is 0.00000127. The lowest BCUT2D eigenvalue weighted by atomic mass is 10.1. The van der Waals surface area contributed by atoms with Crippen LogP contribution in [0.2, 0.25) is 0 Å². The summed E-state index contributed by atoms with van der Waals surface area (Å²) < 4.78 is 2.05. The van der Waals surface area contributed by atoms with Crippen molar-refractivity contribution in [1.29, 1.82) is 0 Å². The largest absolute Gasteiger partial charge is 0.320 e. The maximum atomic E-state index is 12.8. The number of imidazole rings is 1. The van der Waals surface area contributed by atoms with Gasteiger partial charge in [0.2, 0.25) is 0 Å². The Morgan fingerprint density at radius 1 is 1.07 bits per heavy atom. The molecule has 3 rings (SSSR count). The van der Waals surface area contributed by atoms with Gasteiger partial charge in [-0.25, -0.2) is 4.98 Å². The number of carbonyl (C=O) groups excluding carboxylic acids is 1. The van der Waals surface area contributed by atoms with Crippen molar-refractivity contribution in [2.75, 3.05) is 5.32 Å². The van der Waals surface area contributed by atoms with Crippen LogP contribution in [0.4, 0.5) is 5.69 Å². The first kappa shape index (κ1) is 20.2. The van der Waals surface area contributed by atoms with Gasteiger partial charge in [-0.3, -0.25) is 4.79 Å². The Morgan fingerprint density at radius 3 is 2.37 bits per heavy atom. The first-order valence-corrected chi connectivity index (χ1v) is 9.04. The molecule has 0 radical (unpaired) electrons. The number of benzene rings is 2. The summed E-state index contributed by atoms with van der Waals surface area (Å²) in [4.78, 5) is 17.4. The number of hydrogen-bond acceptors (Lipinski definition) is 2. The second kappa shape index (κ2) is 8.99. The van der Waals surface area contributed by atoms with Gasteiger partial charge >= 0.3 is 0 Å². The standard InChI is InChI=1S/C21H23N3O.C2H4.H2/c1-5-19-23-20(16(4)24(19)17-11-7-6-8-12-17)21(25)22-18-13-9-10-14(2)15(18)3;1-2;/h6-13H,5H2,1-4H3,(H,22,25);1-2H2;1H. The molecule has 0 bridgehead atoms. The molecule has 4 heteroatoms. The Labute approximate surface area is 163 Å². The topological polar surface area (TPSA) is 46.9 Å². The molecule has 0 aliphatic heterocycles. The molecule has 2 aromatic carbocycles. The van der Waals surface area contributed by atoms with Crippen LogP contribution in [-0.2, 0) is 6.42 Å². The van der Waals surface area contributed by atoms with E-state index in [9.17, 15) is 4.79 Å². The highest BCUT2D eigenvalue weighted by molar-refractivity contribution is 6.04. The number of amides is 1. The molecule has 0 fully saturated rings. The average molecular weight is 364 g/mol. The molecule has 4 nitrogen and oxygen atoms in total. The van der Waals surface area contributed by atoms with Crippen LogP contribution >= 0.6 is 0 Å². The van der Waals surface area contributed by atoms with Gasteiger partial charge < -0.3 is 9.88 Å². The normalized spacial score (nSPS) is 10.1. The van der Waals surface area contributed by atoms with Crippen LogP contribution in [0, 0.1) is 20.8 Å². The Hall–Kier alpha value is -3.14. The van der Waals surface area contributed by atoms with E-state index < -0.39 is 0 Å². The summed E-state index contributed by atoms with van der Waals surface area (Å²) in [5, 5.41) is 3.01. The van der Waals surface area contributed by atoms with E-state index in [-0.39, 0.29) is 7.33 Å². The lowest BCUT2D eigenvalue weighted by Gasteiger charge is -2.10. The van der Waals surface area contributed by atoms with Crippen LogP contribution in [-0.4, -0.2) is 15.5 Å².